The van der Waals surface area contributed by atoms with E-state index < -0.39 is 9.84 Å². The maximum absolute atomic E-state index is 10.8. The second-order valence-corrected chi connectivity index (χ2v) is 5.53. The minimum absolute atomic E-state index is 0.129. The molecule has 0 aliphatic heterocycles. The minimum atomic E-state index is -2.91. The Morgan fingerprint density at radius 2 is 1.93 bits per heavy atom. The maximum Gasteiger partial charge on any atom is 0.302 e. The van der Waals surface area contributed by atoms with Crippen LogP contribution < -0.4 is 0 Å². The van der Waals surface area contributed by atoms with Gasteiger partial charge in [-0.05, 0) is 7.05 Å². The first-order chi connectivity index (χ1) is 6.31. The molecule has 5 nitrogen and oxygen atoms in total. The van der Waals surface area contributed by atoms with Crippen molar-refractivity contribution >= 4 is 15.8 Å². The zero-order valence-electron chi connectivity index (χ0n) is 8.82. The summed E-state index contributed by atoms with van der Waals surface area (Å²) in [4.78, 5) is 12.2. The molecule has 0 fully saturated rings. The molecule has 0 N–H and O–H groups in total. The van der Waals surface area contributed by atoms with Crippen molar-refractivity contribution in [2.45, 2.75) is 6.92 Å². The number of esters is 1. The number of carbonyl (C=O) groups excluding carboxylic acids is 1. The third kappa shape index (κ3) is 9.47. The summed E-state index contributed by atoms with van der Waals surface area (Å²) in [5.74, 6) is -0.190. The highest BCUT2D eigenvalue weighted by Gasteiger charge is 2.05. The Morgan fingerprint density at radius 3 is 2.36 bits per heavy atom. The molecule has 0 aromatic rings. The van der Waals surface area contributed by atoms with E-state index in [1.54, 1.807) is 7.05 Å². The van der Waals surface area contributed by atoms with E-state index >= 15 is 0 Å². The normalized spacial score (nSPS) is 11.7. The van der Waals surface area contributed by atoms with Crippen LogP contribution in [0.1, 0.15) is 6.92 Å². The van der Waals surface area contributed by atoms with Gasteiger partial charge in [0.05, 0.1) is 5.75 Å². The van der Waals surface area contributed by atoms with Crippen molar-refractivity contribution in [3.05, 3.63) is 0 Å². The smallest absolute Gasteiger partial charge is 0.302 e. The third-order valence-corrected chi connectivity index (χ3v) is 2.55. The van der Waals surface area contributed by atoms with E-state index in [4.69, 9.17) is 4.74 Å². The predicted octanol–water partition coefficient (Wildman–Crippen LogP) is -0.474. The van der Waals surface area contributed by atoms with Crippen LogP contribution in [-0.2, 0) is 19.4 Å². The average Bonchev–Trinajstić information content (AvgIpc) is 1.99. The standard InChI is InChI=1S/C8H17NO4S/c1-8(10)13-6-4-9(2)5-7-14(3,11)12/h4-7H2,1-3H3. The van der Waals surface area contributed by atoms with Gasteiger partial charge in [-0.15, -0.1) is 0 Å². The van der Waals surface area contributed by atoms with Gasteiger partial charge in [0, 0.05) is 26.3 Å². The summed E-state index contributed by atoms with van der Waals surface area (Å²) in [6, 6.07) is 0. The summed E-state index contributed by atoms with van der Waals surface area (Å²) < 4.78 is 26.3. The lowest BCUT2D eigenvalue weighted by molar-refractivity contribution is -0.141. The molecule has 0 unspecified atom stereocenters. The summed E-state index contributed by atoms with van der Waals surface area (Å²) in [7, 11) is -1.12. The Labute approximate surface area is 85.0 Å². The first-order valence-electron chi connectivity index (χ1n) is 4.31. The number of nitrogens with zero attached hydrogens (tertiary/aromatic N) is 1. The number of carbonyl (C=O) groups is 1. The molecule has 0 saturated heterocycles. The average molecular weight is 223 g/mol. The van der Waals surface area contributed by atoms with Gasteiger partial charge < -0.3 is 9.64 Å². The molecular formula is C8H17NO4S. The minimum Gasteiger partial charge on any atom is -0.465 e. The largest absolute Gasteiger partial charge is 0.465 e. The van der Waals surface area contributed by atoms with E-state index in [1.165, 1.54) is 13.2 Å². The summed E-state index contributed by atoms with van der Waals surface area (Å²) >= 11 is 0. The molecule has 14 heavy (non-hydrogen) atoms. The fourth-order valence-corrected chi connectivity index (χ4v) is 1.42. The molecule has 0 atom stereocenters. The van der Waals surface area contributed by atoms with Crippen LogP contribution in [0, 0.1) is 0 Å². The van der Waals surface area contributed by atoms with Crippen molar-refractivity contribution in [3.63, 3.8) is 0 Å². The van der Waals surface area contributed by atoms with Crippen LogP contribution >= 0.6 is 0 Å². The van der Waals surface area contributed by atoms with Crippen LogP contribution in [0.25, 0.3) is 0 Å². The number of rotatable bonds is 6. The molecule has 0 aromatic carbocycles. The lowest BCUT2D eigenvalue weighted by Crippen LogP contribution is -2.28. The van der Waals surface area contributed by atoms with Crippen LogP contribution in [0.5, 0.6) is 0 Å². The van der Waals surface area contributed by atoms with Crippen LogP contribution in [0.15, 0.2) is 0 Å². The zero-order chi connectivity index (χ0) is 11.2. The Bertz CT molecular complexity index is 273. The van der Waals surface area contributed by atoms with Gasteiger partial charge in [-0.1, -0.05) is 0 Å². The molecule has 0 aliphatic rings. The molecule has 0 spiro atoms. The Kier molecular flexibility index (Phi) is 5.71. The van der Waals surface area contributed by atoms with Crippen molar-refractivity contribution in [2.75, 3.05) is 38.8 Å². The first-order valence-corrected chi connectivity index (χ1v) is 6.37. The van der Waals surface area contributed by atoms with Gasteiger partial charge in [0.25, 0.3) is 0 Å². The van der Waals surface area contributed by atoms with E-state index in [-0.39, 0.29) is 11.7 Å². The van der Waals surface area contributed by atoms with Crippen LogP contribution in [0.3, 0.4) is 0 Å². The number of hydrogen-bond donors (Lipinski definition) is 0. The lowest BCUT2D eigenvalue weighted by Gasteiger charge is -2.15. The van der Waals surface area contributed by atoms with Gasteiger partial charge in [0.15, 0.2) is 0 Å². The molecule has 0 aromatic heterocycles. The predicted molar refractivity (Wildman–Crippen MR) is 53.8 cm³/mol. The van der Waals surface area contributed by atoms with E-state index in [0.717, 1.165) is 0 Å². The SMILES string of the molecule is CC(=O)OCCN(C)CCS(C)(=O)=O. The van der Waals surface area contributed by atoms with Crippen molar-refractivity contribution < 1.29 is 17.9 Å². The topological polar surface area (TPSA) is 63.7 Å². The fourth-order valence-electron chi connectivity index (χ4n) is 0.779. The van der Waals surface area contributed by atoms with Crippen LogP contribution in [0.2, 0.25) is 0 Å². The van der Waals surface area contributed by atoms with Crippen LogP contribution in [-0.4, -0.2) is 58.0 Å². The fraction of sp³-hybridized carbons (Fsp3) is 0.875. The molecule has 0 saturated carbocycles. The number of ether oxygens (including phenoxy) is 1. The van der Waals surface area contributed by atoms with E-state index in [1.807, 2.05) is 4.90 Å². The van der Waals surface area contributed by atoms with Gasteiger partial charge in [-0.3, -0.25) is 4.79 Å². The quantitative estimate of drug-likeness (QED) is 0.569. The summed E-state index contributed by atoms with van der Waals surface area (Å²) in [5, 5.41) is 0. The summed E-state index contributed by atoms with van der Waals surface area (Å²) in [6.45, 7) is 2.65. The Morgan fingerprint density at radius 1 is 1.36 bits per heavy atom. The van der Waals surface area contributed by atoms with Gasteiger partial charge in [-0.2, -0.15) is 0 Å². The van der Waals surface area contributed by atoms with E-state index in [2.05, 4.69) is 0 Å². The number of hydrogen-bond acceptors (Lipinski definition) is 5. The highest BCUT2D eigenvalue weighted by Crippen LogP contribution is 1.88. The van der Waals surface area contributed by atoms with Crippen molar-refractivity contribution in [1.29, 1.82) is 0 Å². The second kappa shape index (κ2) is 5.98. The molecule has 0 bridgehead atoms. The lowest BCUT2D eigenvalue weighted by atomic mass is 10.5. The Hall–Kier alpha value is -0.620. The summed E-state index contributed by atoms with van der Waals surface area (Å²) in [6.07, 6.45) is 1.20. The van der Waals surface area contributed by atoms with Crippen LogP contribution in [0.4, 0.5) is 0 Å². The number of sulfone groups is 1. The Balaban J connectivity index is 3.56. The summed E-state index contributed by atoms with van der Waals surface area (Å²) in [5.41, 5.74) is 0. The maximum atomic E-state index is 10.8. The molecular weight excluding hydrogens is 206 g/mol. The van der Waals surface area contributed by atoms with Gasteiger partial charge in [-0.25, -0.2) is 8.42 Å². The monoisotopic (exact) mass is 223 g/mol. The highest BCUT2D eigenvalue weighted by atomic mass is 32.2. The molecule has 0 aliphatic carbocycles. The molecule has 0 rings (SSSR count). The van der Waals surface area contributed by atoms with Gasteiger partial charge >= 0.3 is 5.97 Å². The van der Waals surface area contributed by atoms with E-state index in [9.17, 15) is 13.2 Å². The number of likely N-dealkylation sites (N-methyl/N-ethyl adjacent to an activating group) is 1. The van der Waals surface area contributed by atoms with Crippen molar-refractivity contribution in [2.24, 2.45) is 0 Å². The molecule has 0 radical (unpaired) electrons. The molecule has 0 amide bonds. The van der Waals surface area contributed by atoms with Crippen molar-refractivity contribution in [1.82, 2.24) is 4.90 Å². The van der Waals surface area contributed by atoms with Gasteiger partial charge in [0.2, 0.25) is 0 Å². The second-order valence-electron chi connectivity index (χ2n) is 3.27. The molecule has 84 valence electrons. The highest BCUT2D eigenvalue weighted by molar-refractivity contribution is 7.90. The van der Waals surface area contributed by atoms with Gasteiger partial charge in [0.1, 0.15) is 16.4 Å². The zero-order valence-corrected chi connectivity index (χ0v) is 9.63. The molecule has 0 heterocycles. The third-order valence-electron chi connectivity index (χ3n) is 1.62. The van der Waals surface area contributed by atoms with Crippen molar-refractivity contribution in [3.8, 4) is 0 Å². The molecule has 6 heteroatoms. The first kappa shape index (κ1) is 13.4. The van der Waals surface area contributed by atoms with E-state index in [0.29, 0.717) is 19.7 Å².